The van der Waals surface area contributed by atoms with Crippen molar-refractivity contribution in [3.8, 4) is 0 Å². The van der Waals surface area contributed by atoms with E-state index in [2.05, 4.69) is 43.4 Å². The summed E-state index contributed by atoms with van der Waals surface area (Å²) in [7, 11) is 0. The van der Waals surface area contributed by atoms with Crippen LogP contribution in [-0.4, -0.2) is 35.7 Å². The summed E-state index contributed by atoms with van der Waals surface area (Å²) < 4.78 is 5.44. The molecule has 1 fully saturated rings. The number of likely N-dealkylation sites (tertiary alicyclic amines) is 1. The van der Waals surface area contributed by atoms with Gasteiger partial charge in [0.05, 0.1) is 0 Å². The van der Waals surface area contributed by atoms with Crippen LogP contribution in [0.15, 0.2) is 24.3 Å². The summed E-state index contributed by atoms with van der Waals surface area (Å²) >= 11 is 0. The molecular weight excluding hydrogens is 276 g/mol. The molecule has 1 saturated heterocycles. The van der Waals surface area contributed by atoms with Gasteiger partial charge in [-0.25, -0.2) is 4.79 Å². The van der Waals surface area contributed by atoms with Crippen LogP contribution in [0, 0.1) is 6.92 Å². The van der Waals surface area contributed by atoms with Crippen LogP contribution in [0.4, 0.5) is 4.79 Å². The number of aryl methyl sites for hydroxylation is 1. The van der Waals surface area contributed by atoms with Crippen molar-refractivity contribution in [2.75, 3.05) is 13.1 Å². The van der Waals surface area contributed by atoms with Gasteiger partial charge in [0.15, 0.2) is 0 Å². The van der Waals surface area contributed by atoms with Gasteiger partial charge < -0.3 is 15.0 Å². The molecule has 1 aliphatic heterocycles. The Morgan fingerprint density at radius 2 is 2.05 bits per heavy atom. The van der Waals surface area contributed by atoms with Crippen molar-refractivity contribution in [3.05, 3.63) is 35.4 Å². The van der Waals surface area contributed by atoms with Crippen LogP contribution in [0.5, 0.6) is 0 Å². The van der Waals surface area contributed by atoms with Gasteiger partial charge in [-0.3, -0.25) is 0 Å². The maximum absolute atomic E-state index is 12.1. The topological polar surface area (TPSA) is 41.6 Å². The van der Waals surface area contributed by atoms with Gasteiger partial charge in [-0.2, -0.15) is 0 Å². The Hall–Kier alpha value is -1.55. The number of ether oxygens (including phenoxy) is 1. The molecule has 0 bridgehead atoms. The summed E-state index contributed by atoms with van der Waals surface area (Å²) in [6.45, 7) is 11.5. The third-order valence-electron chi connectivity index (χ3n) is 3.98. The molecule has 1 heterocycles. The Morgan fingerprint density at radius 1 is 1.36 bits per heavy atom. The van der Waals surface area contributed by atoms with Crippen LogP contribution >= 0.6 is 0 Å². The van der Waals surface area contributed by atoms with E-state index < -0.39 is 5.60 Å². The molecule has 2 atom stereocenters. The number of hydrogen-bond acceptors (Lipinski definition) is 3. The largest absolute Gasteiger partial charge is 0.444 e. The van der Waals surface area contributed by atoms with Crippen molar-refractivity contribution in [1.29, 1.82) is 0 Å². The van der Waals surface area contributed by atoms with E-state index in [-0.39, 0.29) is 12.1 Å². The van der Waals surface area contributed by atoms with Crippen molar-refractivity contribution >= 4 is 6.09 Å². The number of nitrogens with zero attached hydrogens (tertiary/aromatic N) is 1. The number of carbonyl (C=O) groups excluding carboxylic acids is 1. The number of rotatable bonds is 3. The van der Waals surface area contributed by atoms with Gasteiger partial charge in [0.2, 0.25) is 0 Å². The zero-order valence-corrected chi connectivity index (χ0v) is 14.3. The molecule has 0 aliphatic carbocycles. The average Bonchev–Trinajstić information content (AvgIpc) is 2.85. The normalized spacial score (nSPS) is 20.0. The first kappa shape index (κ1) is 16.8. The molecule has 0 aromatic heterocycles. The Kier molecular flexibility index (Phi) is 5.12. The summed E-state index contributed by atoms with van der Waals surface area (Å²) in [6, 6.07) is 9.03. The molecule has 1 amide bonds. The SMILES string of the molecule is Cc1ccccc1C(C)NC1CCN(C(=O)OC(C)(C)C)C1. The predicted octanol–water partition coefficient (Wildman–Crippen LogP) is 3.66. The lowest BCUT2D eigenvalue weighted by molar-refractivity contribution is 0.0290. The van der Waals surface area contributed by atoms with Crippen LogP contribution < -0.4 is 5.32 Å². The molecule has 1 aliphatic rings. The molecule has 4 heteroatoms. The molecule has 0 radical (unpaired) electrons. The third kappa shape index (κ3) is 4.47. The van der Waals surface area contributed by atoms with Gasteiger partial charge in [0.25, 0.3) is 0 Å². The van der Waals surface area contributed by atoms with Gasteiger partial charge >= 0.3 is 6.09 Å². The van der Waals surface area contributed by atoms with Gasteiger partial charge in [-0.15, -0.1) is 0 Å². The minimum atomic E-state index is -0.433. The molecule has 2 rings (SSSR count). The van der Waals surface area contributed by atoms with Crippen LogP contribution in [0.2, 0.25) is 0 Å². The highest BCUT2D eigenvalue weighted by Gasteiger charge is 2.30. The first-order valence-electron chi connectivity index (χ1n) is 8.06. The summed E-state index contributed by atoms with van der Waals surface area (Å²) in [4.78, 5) is 13.9. The van der Waals surface area contributed by atoms with E-state index in [1.807, 2.05) is 20.8 Å². The van der Waals surface area contributed by atoms with Gasteiger partial charge in [-0.05, 0) is 52.2 Å². The predicted molar refractivity (Wildman–Crippen MR) is 88.9 cm³/mol. The van der Waals surface area contributed by atoms with Crippen molar-refractivity contribution in [2.24, 2.45) is 0 Å². The second-order valence-electron chi connectivity index (χ2n) is 7.16. The molecule has 0 saturated carbocycles. The quantitative estimate of drug-likeness (QED) is 0.926. The molecule has 122 valence electrons. The Morgan fingerprint density at radius 3 is 2.68 bits per heavy atom. The van der Waals surface area contributed by atoms with E-state index in [1.165, 1.54) is 11.1 Å². The molecule has 1 aromatic carbocycles. The van der Waals surface area contributed by atoms with E-state index in [0.717, 1.165) is 13.0 Å². The molecule has 1 aromatic rings. The van der Waals surface area contributed by atoms with Gasteiger partial charge in [0.1, 0.15) is 5.60 Å². The Balaban J connectivity index is 1.89. The third-order valence-corrected chi connectivity index (χ3v) is 3.98. The second kappa shape index (κ2) is 6.69. The zero-order valence-electron chi connectivity index (χ0n) is 14.3. The molecule has 0 spiro atoms. The minimum Gasteiger partial charge on any atom is -0.444 e. The number of amides is 1. The molecule has 22 heavy (non-hydrogen) atoms. The molecular formula is C18H28N2O2. The smallest absolute Gasteiger partial charge is 0.410 e. The monoisotopic (exact) mass is 304 g/mol. The lowest BCUT2D eigenvalue weighted by atomic mass is 10.0. The van der Waals surface area contributed by atoms with E-state index in [1.54, 1.807) is 4.90 Å². The number of carbonyl (C=O) groups is 1. The fourth-order valence-corrected chi connectivity index (χ4v) is 2.90. The van der Waals surface area contributed by atoms with Gasteiger partial charge in [0, 0.05) is 25.2 Å². The minimum absolute atomic E-state index is 0.208. The number of benzene rings is 1. The standard InChI is InChI=1S/C18H28N2O2/c1-13-8-6-7-9-16(13)14(2)19-15-10-11-20(12-15)17(21)22-18(3,4)5/h6-9,14-15,19H,10-12H2,1-5H3. The zero-order chi connectivity index (χ0) is 16.3. The first-order chi connectivity index (χ1) is 10.3. The summed E-state index contributed by atoms with van der Waals surface area (Å²) in [5.41, 5.74) is 2.18. The van der Waals surface area contributed by atoms with E-state index in [0.29, 0.717) is 12.6 Å². The van der Waals surface area contributed by atoms with Gasteiger partial charge in [-0.1, -0.05) is 24.3 Å². The lowest BCUT2D eigenvalue weighted by Crippen LogP contribution is -2.39. The molecule has 4 nitrogen and oxygen atoms in total. The Labute approximate surface area is 133 Å². The van der Waals surface area contributed by atoms with Crippen molar-refractivity contribution in [3.63, 3.8) is 0 Å². The first-order valence-corrected chi connectivity index (χ1v) is 8.06. The van der Waals surface area contributed by atoms with Crippen molar-refractivity contribution in [1.82, 2.24) is 10.2 Å². The number of hydrogen-bond donors (Lipinski definition) is 1. The van der Waals surface area contributed by atoms with E-state index in [9.17, 15) is 4.79 Å². The average molecular weight is 304 g/mol. The van der Waals surface area contributed by atoms with E-state index in [4.69, 9.17) is 4.74 Å². The molecule has 1 N–H and O–H groups in total. The lowest BCUT2D eigenvalue weighted by Gasteiger charge is -2.25. The van der Waals surface area contributed by atoms with Crippen LogP contribution in [0.3, 0.4) is 0 Å². The van der Waals surface area contributed by atoms with Crippen molar-refractivity contribution < 1.29 is 9.53 Å². The highest BCUT2D eigenvalue weighted by molar-refractivity contribution is 5.68. The maximum atomic E-state index is 12.1. The number of nitrogens with one attached hydrogen (secondary N) is 1. The van der Waals surface area contributed by atoms with Crippen molar-refractivity contribution in [2.45, 2.75) is 58.7 Å². The van der Waals surface area contributed by atoms with Crippen LogP contribution in [-0.2, 0) is 4.74 Å². The second-order valence-corrected chi connectivity index (χ2v) is 7.16. The summed E-state index contributed by atoms with van der Waals surface area (Å²) in [5, 5.41) is 3.63. The van der Waals surface area contributed by atoms with Crippen LogP contribution in [0.25, 0.3) is 0 Å². The summed E-state index contributed by atoms with van der Waals surface area (Å²) in [6.07, 6.45) is 0.760. The van der Waals surface area contributed by atoms with E-state index >= 15 is 0 Å². The highest BCUT2D eigenvalue weighted by atomic mass is 16.6. The maximum Gasteiger partial charge on any atom is 0.410 e. The Bertz CT molecular complexity index is 522. The summed E-state index contributed by atoms with van der Waals surface area (Å²) in [5.74, 6) is 0. The fourth-order valence-electron chi connectivity index (χ4n) is 2.90. The molecule has 2 unspecified atom stereocenters. The van der Waals surface area contributed by atoms with Crippen LogP contribution in [0.1, 0.15) is 51.3 Å². The highest BCUT2D eigenvalue weighted by Crippen LogP contribution is 2.21. The fraction of sp³-hybridized carbons (Fsp3) is 0.611.